The molecule has 1 saturated heterocycles. The molecule has 1 saturated carbocycles. The number of nitrogens with one attached hydrogen (secondary N) is 1. The molecule has 1 aromatic heterocycles. The smallest absolute Gasteiger partial charge is 0.228 e. The van der Waals surface area contributed by atoms with Gasteiger partial charge in [-0.2, -0.15) is 0 Å². The lowest BCUT2D eigenvalue weighted by atomic mass is 9.64. The van der Waals surface area contributed by atoms with Crippen molar-refractivity contribution in [3.63, 3.8) is 0 Å². The van der Waals surface area contributed by atoms with Crippen LogP contribution in [0.4, 0.5) is 0 Å². The van der Waals surface area contributed by atoms with E-state index in [1.54, 1.807) is 4.90 Å². The van der Waals surface area contributed by atoms with E-state index in [2.05, 4.69) is 5.32 Å². The highest BCUT2D eigenvalue weighted by Crippen LogP contribution is 2.46. The van der Waals surface area contributed by atoms with E-state index in [4.69, 9.17) is 4.42 Å². The van der Waals surface area contributed by atoms with Crippen molar-refractivity contribution >= 4 is 11.8 Å². The Hall–Kier alpha value is -1.78. The molecular weight excluding hydrogens is 280 g/mol. The summed E-state index contributed by atoms with van der Waals surface area (Å²) in [6, 6.07) is 3.83. The van der Waals surface area contributed by atoms with Gasteiger partial charge in [0, 0.05) is 19.5 Å². The van der Waals surface area contributed by atoms with E-state index in [9.17, 15) is 9.59 Å². The number of carbonyl (C=O) groups excluding carboxylic acids is 2. The summed E-state index contributed by atoms with van der Waals surface area (Å²) in [6.07, 6.45) is 5.10. The average molecular weight is 304 g/mol. The Kier molecular flexibility index (Phi) is 3.98. The molecule has 0 spiro atoms. The number of furan rings is 1. The topological polar surface area (TPSA) is 62.6 Å². The van der Waals surface area contributed by atoms with Crippen LogP contribution < -0.4 is 5.32 Å². The molecule has 5 nitrogen and oxygen atoms in total. The first-order valence-electron chi connectivity index (χ1n) is 8.12. The Morgan fingerprint density at radius 1 is 1.41 bits per heavy atom. The molecule has 0 radical (unpaired) electrons. The molecule has 1 aliphatic heterocycles. The Morgan fingerprint density at radius 3 is 2.95 bits per heavy atom. The maximum absolute atomic E-state index is 12.9. The molecule has 1 aliphatic carbocycles. The fourth-order valence-corrected chi connectivity index (χ4v) is 4.06. The summed E-state index contributed by atoms with van der Waals surface area (Å²) in [6.45, 7) is 2.31. The largest absolute Gasteiger partial charge is 0.465 e. The van der Waals surface area contributed by atoms with Crippen molar-refractivity contribution in [3.8, 4) is 0 Å². The molecule has 2 amide bonds. The molecule has 1 N–H and O–H groups in total. The minimum absolute atomic E-state index is 0.0424. The molecule has 5 heteroatoms. The highest BCUT2D eigenvalue weighted by atomic mass is 16.3. The van der Waals surface area contributed by atoms with Crippen LogP contribution in [-0.2, 0) is 16.1 Å². The molecule has 2 atom stereocenters. The minimum atomic E-state index is -0.414. The summed E-state index contributed by atoms with van der Waals surface area (Å²) < 4.78 is 5.51. The molecular formula is C17H24N2O3. The molecule has 0 unspecified atom stereocenters. The molecule has 120 valence electrons. The number of fused-ring (bicyclic) bond motifs is 1. The first kappa shape index (κ1) is 15.1. The molecule has 1 aromatic rings. The molecule has 0 aromatic carbocycles. The van der Waals surface area contributed by atoms with Gasteiger partial charge in [0.25, 0.3) is 0 Å². The molecule has 2 aliphatic rings. The van der Waals surface area contributed by atoms with Crippen LogP contribution in [0, 0.1) is 12.3 Å². The Balaban J connectivity index is 1.74. The number of likely N-dealkylation sites (tertiary alicyclic amines) is 1. The summed E-state index contributed by atoms with van der Waals surface area (Å²) in [7, 11) is 1.84. The zero-order valence-electron chi connectivity index (χ0n) is 13.4. The molecule has 22 heavy (non-hydrogen) atoms. The lowest BCUT2D eigenvalue weighted by Crippen LogP contribution is -2.60. The van der Waals surface area contributed by atoms with Crippen LogP contribution in [0.25, 0.3) is 0 Å². The van der Waals surface area contributed by atoms with Crippen molar-refractivity contribution in [2.45, 2.75) is 58.0 Å². The van der Waals surface area contributed by atoms with Gasteiger partial charge in [-0.15, -0.1) is 0 Å². The fourth-order valence-electron chi connectivity index (χ4n) is 4.06. The van der Waals surface area contributed by atoms with Gasteiger partial charge in [-0.25, -0.2) is 0 Å². The number of rotatable bonds is 3. The van der Waals surface area contributed by atoms with Crippen LogP contribution in [0.3, 0.4) is 0 Å². The van der Waals surface area contributed by atoms with E-state index in [1.807, 2.05) is 26.1 Å². The van der Waals surface area contributed by atoms with Gasteiger partial charge in [-0.05, 0) is 38.3 Å². The highest BCUT2D eigenvalue weighted by molar-refractivity contribution is 5.87. The number of piperidine rings is 1. The van der Waals surface area contributed by atoms with Gasteiger partial charge in [-0.3, -0.25) is 9.59 Å². The van der Waals surface area contributed by atoms with E-state index in [0.717, 1.165) is 37.2 Å². The van der Waals surface area contributed by atoms with Gasteiger partial charge < -0.3 is 14.6 Å². The SMILES string of the molecule is Cc1ccc(CNC(=O)[C@@]23CCCC[C@H]2N(C)C(=O)CC3)o1. The summed E-state index contributed by atoms with van der Waals surface area (Å²) in [5, 5.41) is 3.04. The monoisotopic (exact) mass is 304 g/mol. The fraction of sp³-hybridized carbons (Fsp3) is 0.647. The second kappa shape index (κ2) is 5.78. The van der Waals surface area contributed by atoms with E-state index < -0.39 is 5.41 Å². The normalized spacial score (nSPS) is 28.4. The maximum atomic E-state index is 12.9. The minimum Gasteiger partial charge on any atom is -0.465 e. The van der Waals surface area contributed by atoms with Crippen LogP contribution in [0.15, 0.2) is 16.5 Å². The van der Waals surface area contributed by atoms with Crippen LogP contribution in [0.5, 0.6) is 0 Å². The molecule has 0 bridgehead atoms. The number of hydrogen-bond donors (Lipinski definition) is 1. The van der Waals surface area contributed by atoms with Gasteiger partial charge in [0.15, 0.2) is 0 Å². The molecule has 2 fully saturated rings. The second-order valence-corrected chi connectivity index (χ2v) is 6.62. The third kappa shape index (κ3) is 2.53. The van der Waals surface area contributed by atoms with Crippen LogP contribution in [-0.4, -0.2) is 29.8 Å². The first-order chi connectivity index (χ1) is 10.5. The van der Waals surface area contributed by atoms with Crippen molar-refractivity contribution in [1.82, 2.24) is 10.2 Å². The standard InChI is InChI=1S/C17H24N2O3/c1-12-6-7-13(22-12)11-18-16(21)17-9-4-3-5-14(17)19(2)15(20)8-10-17/h6-7,14H,3-5,8-11H2,1-2H3,(H,18,21)/t14-,17-/m1/s1. The van der Waals surface area contributed by atoms with Crippen molar-refractivity contribution in [3.05, 3.63) is 23.7 Å². The Morgan fingerprint density at radius 2 is 2.23 bits per heavy atom. The van der Waals surface area contributed by atoms with Crippen LogP contribution in [0.2, 0.25) is 0 Å². The summed E-state index contributed by atoms with van der Waals surface area (Å²) >= 11 is 0. The quantitative estimate of drug-likeness (QED) is 0.932. The molecule has 2 heterocycles. The molecule has 3 rings (SSSR count). The van der Waals surface area contributed by atoms with Gasteiger partial charge in [0.1, 0.15) is 11.5 Å². The lowest BCUT2D eigenvalue weighted by molar-refractivity contribution is -0.153. The highest BCUT2D eigenvalue weighted by Gasteiger charge is 2.52. The third-order valence-corrected chi connectivity index (χ3v) is 5.31. The number of hydrogen-bond acceptors (Lipinski definition) is 3. The first-order valence-corrected chi connectivity index (χ1v) is 8.12. The zero-order valence-corrected chi connectivity index (χ0v) is 13.4. The van der Waals surface area contributed by atoms with Crippen molar-refractivity contribution in [2.75, 3.05) is 7.05 Å². The van der Waals surface area contributed by atoms with E-state index in [1.165, 1.54) is 0 Å². The second-order valence-electron chi connectivity index (χ2n) is 6.62. The number of carbonyl (C=O) groups is 2. The van der Waals surface area contributed by atoms with Crippen molar-refractivity contribution in [1.29, 1.82) is 0 Å². The van der Waals surface area contributed by atoms with E-state index in [0.29, 0.717) is 19.4 Å². The number of nitrogens with zero attached hydrogens (tertiary/aromatic N) is 1. The Bertz CT molecular complexity index is 580. The average Bonchev–Trinajstić information content (AvgIpc) is 2.94. The van der Waals surface area contributed by atoms with Crippen molar-refractivity contribution in [2.24, 2.45) is 5.41 Å². The summed E-state index contributed by atoms with van der Waals surface area (Å²) in [5.74, 6) is 1.86. The van der Waals surface area contributed by atoms with Crippen LogP contribution >= 0.6 is 0 Å². The van der Waals surface area contributed by atoms with E-state index >= 15 is 0 Å². The lowest BCUT2D eigenvalue weighted by Gasteiger charge is -2.50. The summed E-state index contributed by atoms with van der Waals surface area (Å²) in [4.78, 5) is 26.7. The number of aryl methyl sites for hydroxylation is 1. The maximum Gasteiger partial charge on any atom is 0.228 e. The van der Waals surface area contributed by atoms with Gasteiger partial charge in [0.05, 0.1) is 12.0 Å². The van der Waals surface area contributed by atoms with E-state index in [-0.39, 0.29) is 17.9 Å². The van der Waals surface area contributed by atoms with Crippen molar-refractivity contribution < 1.29 is 14.0 Å². The zero-order chi connectivity index (χ0) is 15.7. The summed E-state index contributed by atoms with van der Waals surface area (Å²) in [5.41, 5.74) is -0.414. The third-order valence-electron chi connectivity index (χ3n) is 5.31. The predicted octanol–water partition coefficient (Wildman–Crippen LogP) is 2.39. The van der Waals surface area contributed by atoms with Gasteiger partial charge >= 0.3 is 0 Å². The van der Waals surface area contributed by atoms with Crippen LogP contribution in [0.1, 0.15) is 50.0 Å². The Labute approximate surface area is 131 Å². The number of amides is 2. The predicted molar refractivity (Wildman–Crippen MR) is 82.0 cm³/mol. The van der Waals surface area contributed by atoms with Gasteiger partial charge in [-0.1, -0.05) is 12.8 Å². The van der Waals surface area contributed by atoms with Gasteiger partial charge in [0.2, 0.25) is 11.8 Å².